The minimum atomic E-state index is -3.66. The summed E-state index contributed by atoms with van der Waals surface area (Å²) in [7, 11) is -7.29. The van der Waals surface area contributed by atoms with Gasteiger partial charge in [0.1, 0.15) is 0 Å². The Morgan fingerprint density at radius 3 is 1.42 bits per heavy atom. The molecule has 1 fully saturated rings. The van der Waals surface area contributed by atoms with Gasteiger partial charge in [0.2, 0.25) is 20.0 Å². The molecule has 1 heterocycles. The molecule has 0 spiro atoms. The second-order valence-electron chi connectivity index (χ2n) is 6.08. The lowest BCUT2D eigenvalue weighted by Crippen LogP contribution is -2.50. The Labute approximate surface area is 159 Å². The molecule has 2 aromatic rings. The summed E-state index contributed by atoms with van der Waals surface area (Å²) >= 11 is 5.80. The van der Waals surface area contributed by atoms with Gasteiger partial charge in [0.25, 0.3) is 0 Å². The van der Waals surface area contributed by atoms with Crippen LogP contribution in [0.15, 0.2) is 58.3 Å². The van der Waals surface area contributed by atoms with E-state index >= 15 is 0 Å². The van der Waals surface area contributed by atoms with Gasteiger partial charge in [0, 0.05) is 31.2 Å². The lowest BCUT2D eigenvalue weighted by Gasteiger charge is -2.33. The first kappa shape index (κ1) is 19.3. The van der Waals surface area contributed by atoms with E-state index in [4.69, 9.17) is 11.6 Å². The summed E-state index contributed by atoms with van der Waals surface area (Å²) in [4.78, 5) is 0.369. The fraction of sp³-hybridized carbons (Fsp3) is 0.294. The molecule has 0 aliphatic carbocycles. The van der Waals surface area contributed by atoms with Crippen LogP contribution in [0.4, 0.5) is 0 Å². The van der Waals surface area contributed by atoms with Gasteiger partial charge in [0.15, 0.2) is 0 Å². The monoisotopic (exact) mass is 414 g/mol. The molecule has 1 aliphatic heterocycles. The van der Waals surface area contributed by atoms with Crippen molar-refractivity contribution >= 4 is 31.6 Å². The molecule has 0 atom stereocenters. The highest BCUT2D eigenvalue weighted by atomic mass is 35.5. The van der Waals surface area contributed by atoms with Gasteiger partial charge in [-0.1, -0.05) is 29.3 Å². The summed E-state index contributed by atoms with van der Waals surface area (Å²) in [6.45, 7) is 2.33. The van der Waals surface area contributed by atoms with Crippen molar-refractivity contribution in [1.29, 1.82) is 0 Å². The van der Waals surface area contributed by atoms with Gasteiger partial charge in [0.05, 0.1) is 9.79 Å². The summed E-state index contributed by atoms with van der Waals surface area (Å²) < 4.78 is 53.4. The molecule has 0 aromatic heterocycles. The Balaban J connectivity index is 1.74. The zero-order valence-electron chi connectivity index (χ0n) is 14.2. The molecule has 26 heavy (non-hydrogen) atoms. The van der Waals surface area contributed by atoms with Crippen LogP contribution < -0.4 is 0 Å². The van der Waals surface area contributed by atoms with E-state index in [1.54, 1.807) is 24.3 Å². The van der Waals surface area contributed by atoms with E-state index < -0.39 is 20.0 Å². The third-order valence-corrected chi connectivity index (χ3v) is 8.39. The van der Waals surface area contributed by atoms with Crippen LogP contribution in [0.1, 0.15) is 5.56 Å². The summed E-state index contributed by atoms with van der Waals surface area (Å²) in [5, 5.41) is 0.456. The molecule has 6 nitrogen and oxygen atoms in total. The molecule has 9 heteroatoms. The number of benzene rings is 2. The molecule has 0 radical (unpaired) electrons. The van der Waals surface area contributed by atoms with Crippen LogP contribution in [0.3, 0.4) is 0 Å². The molecular formula is C17H19ClN2O4S2. The van der Waals surface area contributed by atoms with E-state index in [9.17, 15) is 16.8 Å². The van der Waals surface area contributed by atoms with E-state index in [-0.39, 0.29) is 36.0 Å². The third kappa shape index (κ3) is 3.79. The summed E-state index contributed by atoms with van der Waals surface area (Å²) in [6.07, 6.45) is 0. The van der Waals surface area contributed by atoms with Crippen molar-refractivity contribution in [3.05, 3.63) is 59.1 Å². The Kier molecular flexibility index (Phi) is 5.41. The minimum absolute atomic E-state index is 0.107. The van der Waals surface area contributed by atoms with Crippen molar-refractivity contribution in [2.45, 2.75) is 16.7 Å². The number of rotatable bonds is 4. The van der Waals surface area contributed by atoms with Gasteiger partial charge >= 0.3 is 0 Å². The number of hydrogen-bond acceptors (Lipinski definition) is 4. The van der Waals surface area contributed by atoms with Gasteiger partial charge in [-0.15, -0.1) is 0 Å². The largest absolute Gasteiger partial charge is 0.243 e. The maximum Gasteiger partial charge on any atom is 0.243 e. The predicted octanol–water partition coefficient (Wildman–Crippen LogP) is 2.34. The third-order valence-electron chi connectivity index (χ3n) is 4.31. The highest BCUT2D eigenvalue weighted by molar-refractivity contribution is 7.89. The van der Waals surface area contributed by atoms with Crippen LogP contribution in [0, 0.1) is 6.92 Å². The Morgan fingerprint density at radius 2 is 1.04 bits per heavy atom. The SMILES string of the molecule is Cc1ccc(S(=O)(=O)N2CCN(S(=O)(=O)c3ccc(Cl)cc3)CC2)cc1. The zero-order valence-corrected chi connectivity index (χ0v) is 16.6. The van der Waals surface area contributed by atoms with Crippen molar-refractivity contribution < 1.29 is 16.8 Å². The maximum absolute atomic E-state index is 12.7. The molecule has 0 N–H and O–H groups in total. The van der Waals surface area contributed by atoms with Crippen LogP contribution in [0.5, 0.6) is 0 Å². The van der Waals surface area contributed by atoms with Crippen LogP contribution in [0.25, 0.3) is 0 Å². The highest BCUT2D eigenvalue weighted by Gasteiger charge is 2.33. The van der Waals surface area contributed by atoms with Crippen molar-refractivity contribution in [3.63, 3.8) is 0 Å². The van der Waals surface area contributed by atoms with Gasteiger partial charge in [-0.2, -0.15) is 8.61 Å². The fourth-order valence-electron chi connectivity index (χ4n) is 2.77. The predicted molar refractivity (Wildman–Crippen MR) is 100 cm³/mol. The molecule has 0 unspecified atom stereocenters. The highest BCUT2D eigenvalue weighted by Crippen LogP contribution is 2.23. The van der Waals surface area contributed by atoms with Gasteiger partial charge in [-0.25, -0.2) is 16.8 Å². The quantitative estimate of drug-likeness (QED) is 0.769. The smallest absolute Gasteiger partial charge is 0.207 e. The molecular weight excluding hydrogens is 396 g/mol. The zero-order chi connectivity index (χ0) is 18.9. The molecule has 0 saturated carbocycles. The van der Waals surface area contributed by atoms with Crippen LogP contribution >= 0.6 is 11.6 Å². The first-order valence-electron chi connectivity index (χ1n) is 8.04. The van der Waals surface area contributed by atoms with Crippen molar-refractivity contribution in [1.82, 2.24) is 8.61 Å². The summed E-state index contributed by atoms with van der Waals surface area (Å²) in [6, 6.07) is 12.6. The van der Waals surface area contributed by atoms with Crippen LogP contribution in [-0.2, 0) is 20.0 Å². The maximum atomic E-state index is 12.7. The lowest BCUT2D eigenvalue weighted by molar-refractivity contribution is 0.273. The van der Waals surface area contributed by atoms with Crippen LogP contribution in [0.2, 0.25) is 5.02 Å². The number of sulfonamides is 2. The van der Waals surface area contributed by atoms with E-state index in [2.05, 4.69) is 0 Å². The molecule has 1 saturated heterocycles. The number of halogens is 1. The minimum Gasteiger partial charge on any atom is -0.207 e. The van der Waals surface area contributed by atoms with Gasteiger partial charge < -0.3 is 0 Å². The standard InChI is InChI=1S/C17H19ClN2O4S2/c1-14-2-6-16(7-3-14)25(21,22)19-10-12-20(13-11-19)26(23,24)17-8-4-15(18)5-9-17/h2-9H,10-13H2,1H3. The molecule has 0 bridgehead atoms. The van der Waals surface area contributed by atoms with Crippen molar-refractivity contribution in [2.24, 2.45) is 0 Å². The van der Waals surface area contributed by atoms with Crippen LogP contribution in [-0.4, -0.2) is 51.6 Å². The first-order valence-corrected chi connectivity index (χ1v) is 11.3. The molecule has 140 valence electrons. The second kappa shape index (κ2) is 7.28. The Bertz CT molecular complexity index is 897. The first-order chi connectivity index (χ1) is 12.2. The normalized spacial score (nSPS) is 17.3. The lowest BCUT2D eigenvalue weighted by atomic mass is 10.2. The topological polar surface area (TPSA) is 74.8 Å². The van der Waals surface area contributed by atoms with E-state index in [0.29, 0.717) is 5.02 Å². The number of nitrogens with zero attached hydrogens (tertiary/aromatic N) is 2. The Morgan fingerprint density at radius 1 is 0.692 bits per heavy atom. The van der Waals surface area contributed by atoms with Gasteiger partial charge in [-0.3, -0.25) is 0 Å². The van der Waals surface area contributed by atoms with E-state index in [1.807, 2.05) is 6.92 Å². The molecule has 0 amide bonds. The van der Waals surface area contributed by atoms with Crippen molar-refractivity contribution in [3.8, 4) is 0 Å². The Hall–Kier alpha value is -1.45. The average molecular weight is 415 g/mol. The summed E-state index contributed by atoms with van der Waals surface area (Å²) in [5.74, 6) is 0. The fourth-order valence-corrected chi connectivity index (χ4v) is 5.74. The van der Waals surface area contributed by atoms with Crippen molar-refractivity contribution in [2.75, 3.05) is 26.2 Å². The number of aryl methyl sites for hydroxylation is 1. The number of hydrogen-bond donors (Lipinski definition) is 0. The average Bonchev–Trinajstić information content (AvgIpc) is 2.62. The molecule has 1 aliphatic rings. The molecule has 3 rings (SSSR count). The van der Waals surface area contributed by atoms with E-state index in [1.165, 1.54) is 32.9 Å². The number of piperazine rings is 1. The second-order valence-corrected chi connectivity index (χ2v) is 10.4. The molecule has 2 aromatic carbocycles. The van der Waals surface area contributed by atoms with E-state index in [0.717, 1.165) is 5.56 Å². The summed E-state index contributed by atoms with van der Waals surface area (Å²) in [5.41, 5.74) is 0.975. The van der Waals surface area contributed by atoms with Gasteiger partial charge in [-0.05, 0) is 43.3 Å².